The number of anilines is 1. The minimum absolute atomic E-state index is 0.0893. The molecule has 0 spiro atoms. The Balaban J connectivity index is 1.84. The van der Waals surface area contributed by atoms with Crippen LogP contribution in [0.15, 0.2) is 40.9 Å². The van der Waals surface area contributed by atoms with Gasteiger partial charge >= 0.3 is 0 Å². The summed E-state index contributed by atoms with van der Waals surface area (Å²) in [6, 6.07) is 10.6. The number of carbonyl (C=O) groups is 1. The molecule has 0 saturated heterocycles. The normalized spacial score (nSPS) is 10.4. The topological polar surface area (TPSA) is 38.3 Å². The fourth-order valence-corrected chi connectivity index (χ4v) is 3.34. The lowest BCUT2D eigenvalue weighted by Crippen LogP contribution is -2.14. The summed E-state index contributed by atoms with van der Waals surface area (Å²) in [5.41, 5.74) is 2.68. The Labute approximate surface area is 147 Å². The zero-order valence-corrected chi connectivity index (χ0v) is 15.3. The molecule has 3 nitrogen and oxygen atoms in total. The largest absolute Gasteiger partial charge is 0.494 e. The Morgan fingerprint density at radius 1 is 1.30 bits per heavy atom. The number of hydrogen-bond acceptors (Lipinski definition) is 3. The average molecular weight is 398 g/mol. The zero-order valence-electron chi connectivity index (χ0n) is 12.9. The SMILES string of the molecule is COc1ccc(CSCC(=O)Nc2ccc(C)cc2Br)cc1F. The summed E-state index contributed by atoms with van der Waals surface area (Å²) >= 11 is 4.86. The van der Waals surface area contributed by atoms with Crippen molar-refractivity contribution < 1.29 is 13.9 Å². The van der Waals surface area contributed by atoms with Gasteiger partial charge in [-0.15, -0.1) is 11.8 Å². The second-order valence-corrected chi connectivity index (χ2v) is 6.83. The van der Waals surface area contributed by atoms with E-state index < -0.39 is 5.82 Å². The van der Waals surface area contributed by atoms with Crippen LogP contribution in [-0.4, -0.2) is 18.8 Å². The van der Waals surface area contributed by atoms with Crippen molar-refractivity contribution >= 4 is 39.3 Å². The van der Waals surface area contributed by atoms with Gasteiger partial charge < -0.3 is 10.1 Å². The smallest absolute Gasteiger partial charge is 0.234 e. The van der Waals surface area contributed by atoms with E-state index in [0.717, 1.165) is 21.3 Å². The summed E-state index contributed by atoms with van der Waals surface area (Å²) in [7, 11) is 1.43. The maximum atomic E-state index is 13.6. The van der Waals surface area contributed by atoms with Crippen LogP contribution in [0.5, 0.6) is 5.75 Å². The van der Waals surface area contributed by atoms with E-state index in [-0.39, 0.29) is 11.7 Å². The van der Waals surface area contributed by atoms with E-state index in [1.807, 2.05) is 25.1 Å². The molecule has 122 valence electrons. The van der Waals surface area contributed by atoms with E-state index in [9.17, 15) is 9.18 Å². The Morgan fingerprint density at radius 2 is 2.09 bits per heavy atom. The fraction of sp³-hybridized carbons (Fsp3) is 0.235. The molecule has 1 N–H and O–H groups in total. The molecule has 0 saturated carbocycles. The van der Waals surface area contributed by atoms with Crippen LogP contribution in [-0.2, 0) is 10.5 Å². The molecule has 1 amide bonds. The lowest BCUT2D eigenvalue weighted by molar-refractivity contribution is -0.113. The van der Waals surface area contributed by atoms with E-state index in [0.29, 0.717) is 11.5 Å². The van der Waals surface area contributed by atoms with Gasteiger partial charge in [0.1, 0.15) is 0 Å². The van der Waals surface area contributed by atoms with Gasteiger partial charge in [-0.1, -0.05) is 12.1 Å². The molecule has 6 heteroatoms. The maximum absolute atomic E-state index is 13.6. The van der Waals surface area contributed by atoms with E-state index >= 15 is 0 Å². The first-order valence-corrected chi connectivity index (χ1v) is 8.90. The quantitative estimate of drug-likeness (QED) is 0.762. The van der Waals surface area contributed by atoms with Gasteiger partial charge in [0, 0.05) is 10.2 Å². The van der Waals surface area contributed by atoms with E-state index in [2.05, 4.69) is 21.2 Å². The molecule has 0 fully saturated rings. The van der Waals surface area contributed by atoms with Gasteiger partial charge in [0.05, 0.1) is 18.6 Å². The number of methoxy groups -OCH3 is 1. The van der Waals surface area contributed by atoms with Gasteiger partial charge in [0.15, 0.2) is 11.6 Å². The summed E-state index contributed by atoms with van der Waals surface area (Å²) in [6.45, 7) is 1.99. The third-order valence-electron chi connectivity index (χ3n) is 3.12. The summed E-state index contributed by atoms with van der Waals surface area (Å²) in [5, 5.41) is 2.85. The van der Waals surface area contributed by atoms with Crippen molar-refractivity contribution in [1.29, 1.82) is 0 Å². The molecule has 0 atom stereocenters. The molecular weight excluding hydrogens is 381 g/mol. The zero-order chi connectivity index (χ0) is 16.8. The number of rotatable bonds is 6. The van der Waals surface area contributed by atoms with Gasteiger partial charge in [0.25, 0.3) is 0 Å². The first-order chi connectivity index (χ1) is 11.0. The van der Waals surface area contributed by atoms with Crippen molar-refractivity contribution in [2.45, 2.75) is 12.7 Å². The Morgan fingerprint density at radius 3 is 2.74 bits per heavy atom. The van der Waals surface area contributed by atoms with Crippen molar-refractivity contribution in [3.8, 4) is 5.75 Å². The van der Waals surface area contributed by atoms with Crippen LogP contribution in [0.4, 0.5) is 10.1 Å². The minimum Gasteiger partial charge on any atom is -0.494 e. The van der Waals surface area contributed by atoms with Gasteiger partial charge in [-0.25, -0.2) is 4.39 Å². The summed E-state index contributed by atoms with van der Waals surface area (Å²) in [5.74, 6) is 0.602. The highest BCUT2D eigenvalue weighted by Crippen LogP contribution is 2.24. The van der Waals surface area contributed by atoms with Crippen LogP contribution in [0.25, 0.3) is 0 Å². The summed E-state index contributed by atoms with van der Waals surface area (Å²) < 4.78 is 19.3. The standard InChI is InChI=1S/C17H17BrFNO2S/c1-11-3-5-15(13(18)7-11)20-17(21)10-23-9-12-4-6-16(22-2)14(19)8-12/h3-8H,9-10H2,1-2H3,(H,20,21). The number of ether oxygens (including phenoxy) is 1. The first kappa shape index (κ1) is 17.8. The van der Waals surface area contributed by atoms with Crippen LogP contribution < -0.4 is 10.1 Å². The van der Waals surface area contributed by atoms with Crippen LogP contribution in [0.1, 0.15) is 11.1 Å². The third-order valence-corrected chi connectivity index (χ3v) is 4.78. The Bertz CT molecular complexity index is 709. The predicted molar refractivity (Wildman–Crippen MR) is 96.6 cm³/mol. The summed E-state index contributed by atoms with van der Waals surface area (Å²) in [6.07, 6.45) is 0. The van der Waals surface area contributed by atoms with Crippen LogP contribution in [0, 0.1) is 12.7 Å². The number of amides is 1. The van der Waals surface area contributed by atoms with Crippen LogP contribution in [0.3, 0.4) is 0 Å². The van der Waals surface area contributed by atoms with Crippen molar-refractivity contribution in [2.24, 2.45) is 0 Å². The molecule has 0 aromatic heterocycles. The van der Waals surface area contributed by atoms with Crippen molar-refractivity contribution in [2.75, 3.05) is 18.2 Å². The molecule has 2 aromatic rings. The first-order valence-electron chi connectivity index (χ1n) is 6.95. The molecule has 2 aromatic carbocycles. The maximum Gasteiger partial charge on any atom is 0.234 e. The van der Waals surface area contributed by atoms with Crippen molar-refractivity contribution in [1.82, 2.24) is 0 Å². The molecule has 0 heterocycles. The van der Waals surface area contributed by atoms with Crippen molar-refractivity contribution in [3.63, 3.8) is 0 Å². The van der Waals surface area contributed by atoms with Crippen molar-refractivity contribution in [3.05, 3.63) is 57.8 Å². The molecule has 0 bridgehead atoms. The third kappa shape index (κ3) is 5.25. The van der Waals surface area contributed by atoms with Crippen LogP contribution in [0.2, 0.25) is 0 Å². The molecule has 0 aliphatic carbocycles. The lowest BCUT2D eigenvalue weighted by Gasteiger charge is -2.08. The highest BCUT2D eigenvalue weighted by atomic mass is 79.9. The number of benzene rings is 2. The van der Waals surface area contributed by atoms with E-state index in [1.54, 1.807) is 12.1 Å². The fourth-order valence-electron chi connectivity index (χ4n) is 1.97. The second-order valence-electron chi connectivity index (χ2n) is 4.99. The molecule has 0 aliphatic heterocycles. The Kier molecular flexibility index (Phi) is 6.47. The molecular formula is C17H17BrFNO2S. The van der Waals surface area contributed by atoms with Gasteiger partial charge in [-0.05, 0) is 58.2 Å². The van der Waals surface area contributed by atoms with E-state index in [4.69, 9.17) is 4.74 Å². The number of aryl methyl sites for hydroxylation is 1. The molecule has 0 unspecified atom stereocenters. The van der Waals surface area contributed by atoms with Gasteiger partial charge in [-0.2, -0.15) is 0 Å². The molecule has 0 aliphatic rings. The number of halogens is 2. The molecule has 0 radical (unpaired) electrons. The molecule has 23 heavy (non-hydrogen) atoms. The van der Waals surface area contributed by atoms with Gasteiger partial charge in [-0.3, -0.25) is 4.79 Å². The second kappa shape index (κ2) is 8.36. The highest BCUT2D eigenvalue weighted by Gasteiger charge is 2.07. The minimum atomic E-state index is -0.390. The molecule has 2 rings (SSSR count). The predicted octanol–water partition coefficient (Wildman–Crippen LogP) is 4.78. The Hall–Kier alpha value is -1.53. The highest BCUT2D eigenvalue weighted by molar-refractivity contribution is 9.10. The number of thioether (sulfide) groups is 1. The number of nitrogens with one attached hydrogen (secondary N) is 1. The number of hydrogen-bond donors (Lipinski definition) is 1. The number of carbonyl (C=O) groups excluding carboxylic acids is 1. The average Bonchev–Trinajstić information content (AvgIpc) is 2.50. The lowest BCUT2D eigenvalue weighted by atomic mass is 10.2. The summed E-state index contributed by atoms with van der Waals surface area (Å²) in [4.78, 5) is 12.0. The van der Waals surface area contributed by atoms with Crippen LogP contribution >= 0.6 is 27.7 Å². The van der Waals surface area contributed by atoms with E-state index in [1.165, 1.54) is 24.9 Å². The van der Waals surface area contributed by atoms with Gasteiger partial charge in [0.2, 0.25) is 5.91 Å². The monoisotopic (exact) mass is 397 g/mol.